The summed E-state index contributed by atoms with van der Waals surface area (Å²) in [5, 5.41) is 0. The van der Waals surface area contributed by atoms with Gasteiger partial charge in [0, 0.05) is 4.88 Å². The number of benzene rings is 1. The zero-order valence-electron chi connectivity index (χ0n) is 9.20. The third-order valence-electron chi connectivity index (χ3n) is 2.62. The summed E-state index contributed by atoms with van der Waals surface area (Å²) in [5.74, 6) is -0.213. The van der Waals surface area contributed by atoms with Gasteiger partial charge in [0.15, 0.2) is 0 Å². The van der Waals surface area contributed by atoms with Gasteiger partial charge in [-0.15, -0.1) is 11.3 Å². The zero-order valence-corrected chi connectivity index (χ0v) is 10.0. The molecule has 1 aromatic heterocycles. The van der Waals surface area contributed by atoms with Crippen LogP contribution in [0.4, 0.5) is 4.39 Å². The topological polar surface area (TPSA) is 38.9 Å². The van der Waals surface area contributed by atoms with Gasteiger partial charge in [-0.1, -0.05) is 12.1 Å². The molecule has 84 valence electrons. The Morgan fingerprint density at radius 3 is 2.69 bits per heavy atom. The van der Waals surface area contributed by atoms with Crippen LogP contribution in [0.3, 0.4) is 0 Å². The molecule has 4 heteroatoms. The van der Waals surface area contributed by atoms with Crippen molar-refractivity contribution in [2.45, 2.75) is 19.9 Å². The molecule has 0 spiro atoms. The molecule has 1 heterocycles. The molecule has 0 fully saturated rings. The molecule has 16 heavy (non-hydrogen) atoms. The molecule has 0 bridgehead atoms. The van der Waals surface area contributed by atoms with Crippen LogP contribution in [0.1, 0.15) is 27.7 Å². The zero-order chi connectivity index (χ0) is 11.7. The lowest BCUT2D eigenvalue weighted by molar-refractivity contribution is 0.614. The lowest BCUT2D eigenvalue weighted by Crippen LogP contribution is -2.12. The lowest BCUT2D eigenvalue weighted by Gasteiger charge is -2.11. The number of hydrogen-bond donors (Lipinski definition) is 1. The second-order valence-corrected chi connectivity index (χ2v) is 4.67. The fourth-order valence-corrected chi connectivity index (χ4v) is 2.39. The van der Waals surface area contributed by atoms with Crippen molar-refractivity contribution >= 4 is 11.3 Å². The number of aromatic nitrogens is 1. The molecule has 2 nitrogen and oxygen atoms in total. The van der Waals surface area contributed by atoms with E-state index >= 15 is 0 Å². The number of nitrogens with two attached hydrogens (primary N) is 1. The van der Waals surface area contributed by atoms with E-state index in [4.69, 9.17) is 5.73 Å². The maximum Gasteiger partial charge on any atom is 0.126 e. The molecule has 0 aliphatic rings. The normalized spacial score (nSPS) is 12.8. The van der Waals surface area contributed by atoms with Crippen molar-refractivity contribution in [3.8, 4) is 0 Å². The molecular weight excluding hydrogens is 223 g/mol. The second kappa shape index (κ2) is 4.31. The van der Waals surface area contributed by atoms with Crippen LogP contribution in [-0.4, -0.2) is 4.98 Å². The van der Waals surface area contributed by atoms with Crippen LogP contribution in [0, 0.1) is 19.7 Å². The van der Waals surface area contributed by atoms with Crippen LogP contribution in [0.2, 0.25) is 0 Å². The van der Waals surface area contributed by atoms with Crippen molar-refractivity contribution in [1.29, 1.82) is 0 Å². The van der Waals surface area contributed by atoms with E-state index in [9.17, 15) is 4.39 Å². The highest BCUT2D eigenvalue weighted by atomic mass is 32.1. The molecule has 1 unspecified atom stereocenters. The van der Waals surface area contributed by atoms with Gasteiger partial charge in [-0.3, -0.25) is 0 Å². The van der Waals surface area contributed by atoms with E-state index in [2.05, 4.69) is 4.98 Å². The van der Waals surface area contributed by atoms with Gasteiger partial charge in [-0.25, -0.2) is 9.37 Å². The van der Waals surface area contributed by atoms with Crippen LogP contribution in [-0.2, 0) is 0 Å². The van der Waals surface area contributed by atoms with Gasteiger partial charge in [-0.2, -0.15) is 0 Å². The van der Waals surface area contributed by atoms with Crippen molar-refractivity contribution in [3.63, 3.8) is 0 Å². The molecule has 2 rings (SSSR count). The van der Waals surface area contributed by atoms with Crippen molar-refractivity contribution in [1.82, 2.24) is 4.98 Å². The van der Waals surface area contributed by atoms with Crippen molar-refractivity contribution in [2.75, 3.05) is 0 Å². The Kier molecular flexibility index (Phi) is 3.03. The highest BCUT2D eigenvalue weighted by Crippen LogP contribution is 2.26. The smallest absolute Gasteiger partial charge is 0.126 e. The molecule has 0 aliphatic heterocycles. The third kappa shape index (κ3) is 1.99. The van der Waals surface area contributed by atoms with Crippen molar-refractivity contribution in [2.24, 2.45) is 5.73 Å². The van der Waals surface area contributed by atoms with E-state index in [0.717, 1.165) is 16.1 Å². The minimum Gasteiger partial charge on any atom is -0.320 e. The first-order valence-electron chi connectivity index (χ1n) is 5.01. The summed E-state index contributed by atoms with van der Waals surface area (Å²) >= 11 is 1.50. The minimum atomic E-state index is -0.289. The van der Waals surface area contributed by atoms with Crippen molar-refractivity contribution in [3.05, 3.63) is 51.2 Å². The molecule has 1 aromatic carbocycles. The van der Waals surface area contributed by atoms with Gasteiger partial charge in [0.25, 0.3) is 0 Å². The molecular formula is C12H13FN2S. The number of nitrogens with zero attached hydrogens (tertiary/aromatic N) is 1. The molecule has 0 saturated carbocycles. The molecule has 0 radical (unpaired) electrons. The van der Waals surface area contributed by atoms with E-state index < -0.39 is 0 Å². The largest absolute Gasteiger partial charge is 0.320 e. The monoisotopic (exact) mass is 236 g/mol. The van der Waals surface area contributed by atoms with E-state index in [1.54, 1.807) is 18.5 Å². The highest BCUT2D eigenvalue weighted by molar-refractivity contribution is 7.09. The number of halogens is 1. The van der Waals surface area contributed by atoms with Crippen LogP contribution in [0.5, 0.6) is 0 Å². The molecule has 2 N–H and O–H groups in total. The summed E-state index contributed by atoms with van der Waals surface area (Å²) in [7, 11) is 0. The van der Waals surface area contributed by atoms with Crippen LogP contribution in [0.15, 0.2) is 23.7 Å². The Labute approximate surface area is 97.9 Å². The maximum atomic E-state index is 13.4. The minimum absolute atomic E-state index is 0.213. The Bertz CT molecular complexity index is 507. The maximum absolute atomic E-state index is 13.4. The van der Waals surface area contributed by atoms with Gasteiger partial charge in [-0.05, 0) is 31.0 Å². The van der Waals surface area contributed by atoms with Gasteiger partial charge in [0.2, 0.25) is 0 Å². The van der Waals surface area contributed by atoms with Crippen LogP contribution in [0.25, 0.3) is 0 Å². The van der Waals surface area contributed by atoms with Crippen LogP contribution >= 0.6 is 11.3 Å². The predicted octanol–water partition coefficient (Wildman–Crippen LogP) is 2.95. The number of hydrogen-bond acceptors (Lipinski definition) is 3. The summed E-state index contributed by atoms with van der Waals surface area (Å²) in [6.07, 6.45) is 0. The molecule has 0 saturated heterocycles. The SMILES string of the molecule is Cc1ccc(C(N)c2scnc2C)cc1F. The fourth-order valence-electron chi connectivity index (χ4n) is 1.56. The first kappa shape index (κ1) is 11.2. The van der Waals surface area contributed by atoms with Gasteiger partial charge < -0.3 is 5.73 Å². The predicted molar refractivity (Wildman–Crippen MR) is 64.0 cm³/mol. The Balaban J connectivity index is 2.38. The quantitative estimate of drug-likeness (QED) is 0.870. The molecule has 2 aromatic rings. The summed E-state index contributed by atoms with van der Waals surface area (Å²) in [4.78, 5) is 5.14. The van der Waals surface area contributed by atoms with E-state index in [1.165, 1.54) is 17.4 Å². The fraction of sp³-hybridized carbons (Fsp3) is 0.250. The van der Waals surface area contributed by atoms with E-state index in [1.807, 2.05) is 13.0 Å². The Morgan fingerprint density at radius 2 is 2.12 bits per heavy atom. The van der Waals surface area contributed by atoms with Gasteiger partial charge in [0.05, 0.1) is 17.2 Å². The average Bonchev–Trinajstić information content (AvgIpc) is 2.67. The van der Waals surface area contributed by atoms with Crippen molar-refractivity contribution < 1.29 is 4.39 Å². The Morgan fingerprint density at radius 1 is 1.38 bits per heavy atom. The third-order valence-corrected chi connectivity index (χ3v) is 3.63. The van der Waals surface area contributed by atoms with Gasteiger partial charge in [0.1, 0.15) is 5.82 Å². The average molecular weight is 236 g/mol. The standard InChI is InChI=1S/C12H13FN2S/c1-7-3-4-9(5-10(7)13)11(14)12-8(2)15-6-16-12/h3-6,11H,14H2,1-2H3. The van der Waals surface area contributed by atoms with E-state index in [0.29, 0.717) is 5.56 Å². The first-order chi connectivity index (χ1) is 7.59. The summed E-state index contributed by atoms with van der Waals surface area (Å²) in [5.41, 5.74) is 10.2. The van der Waals surface area contributed by atoms with E-state index in [-0.39, 0.29) is 11.9 Å². The highest BCUT2D eigenvalue weighted by Gasteiger charge is 2.14. The van der Waals surface area contributed by atoms with Gasteiger partial charge >= 0.3 is 0 Å². The molecule has 1 atom stereocenters. The van der Waals surface area contributed by atoms with Crippen LogP contribution < -0.4 is 5.73 Å². The summed E-state index contributed by atoms with van der Waals surface area (Å²) in [6.45, 7) is 3.65. The molecule has 0 amide bonds. The number of aryl methyl sites for hydroxylation is 2. The summed E-state index contributed by atoms with van der Waals surface area (Å²) in [6, 6.07) is 4.82. The Hall–Kier alpha value is -1.26. The first-order valence-corrected chi connectivity index (χ1v) is 5.89. The number of rotatable bonds is 2. The number of thiazole rings is 1. The molecule has 0 aliphatic carbocycles. The lowest BCUT2D eigenvalue weighted by atomic mass is 10.0. The second-order valence-electron chi connectivity index (χ2n) is 3.79. The summed E-state index contributed by atoms with van der Waals surface area (Å²) < 4.78 is 13.4.